The number of rotatable bonds is 2. The Balaban J connectivity index is 2.06. The van der Waals surface area contributed by atoms with Crippen molar-refractivity contribution in [1.82, 2.24) is 4.98 Å². The Hall–Kier alpha value is -2.13. The van der Waals surface area contributed by atoms with Gasteiger partial charge in [-0.25, -0.2) is 0 Å². The lowest BCUT2D eigenvalue weighted by molar-refractivity contribution is 1.35. The van der Waals surface area contributed by atoms with E-state index in [0.717, 1.165) is 16.6 Å². The molecule has 0 aliphatic rings. The fourth-order valence-electron chi connectivity index (χ4n) is 1.87. The van der Waals surface area contributed by atoms with E-state index in [1.54, 1.807) is 17.4 Å². The summed E-state index contributed by atoms with van der Waals surface area (Å²) in [7, 11) is 0. The van der Waals surface area contributed by atoms with Gasteiger partial charge < -0.3 is 4.98 Å². The van der Waals surface area contributed by atoms with E-state index in [9.17, 15) is 4.79 Å². The summed E-state index contributed by atoms with van der Waals surface area (Å²) in [4.78, 5) is 16.3. The molecule has 1 N–H and O–H groups in total. The molecule has 2 nitrogen and oxygen atoms in total. The first-order valence-corrected chi connectivity index (χ1v) is 6.54. The van der Waals surface area contributed by atoms with Gasteiger partial charge in [-0.15, -0.1) is 11.3 Å². The van der Waals surface area contributed by atoms with E-state index in [-0.39, 0.29) is 5.43 Å². The molecule has 0 aliphatic heterocycles. The average Bonchev–Trinajstić information content (AvgIpc) is 2.90. The molecule has 18 heavy (non-hydrogen) atoms. The monoisotopic (exact) mass is 253 g/mol. The van der Waals surface area contributed by atoms with Crippen molar-refractivity contribution in [3.05, 3.63) is 68.6 Å². The van der Waals surface area contributed by atoms with Crippen molar-refractivity contribution in [2.75, 3.05) is 0 Å². The van der Waals surface area contributed by atoms with Gasteiger partial charge in [0.2, 0.25) is 0 Å². The molecule has 2 heterocycles. The number of aromatic amines is 1. The van der Waals surface area contributed by atoms with Crippen molar-refractivity contribution in [3.8, 4) is 0 Å². The molecule has 0 fully saturated rings. The van der Waals surface area contributed by atoms with Crippen LogP contribution < -0.4 is 5.43 Å². The maximum Gasteiger partial charge on any atom is 0.189 e. The van der Waals surface area contributed by atoms with Gasteiger partial charge in [0.15, 0.2) is 5.43 Å². The summed E-state index contributed by atoms with van der Waals surface area (Å²) in [5, 5.41) is 2.76. The van der Waals surface area contributed by atoms with Gasteiger partial charge in [0.05, 0.1) is 0 Å². The predicted molar refractivity (Wildman–Crippen MR) is 77.8 cm³/mol. The summed E-state index contributed by atoms with van der Waals surface area (Å²) < 4.78 is 0. The molecule has 2 aromatic heterocycles. The van der Waals surface area contributed by atoms with Gasteiger partial charge in [0, 0.05) is 27.5 Å². The molecule has 3 rings (SSSR count). The Kier molecular flexibility index (Phi) is 2.82. The molecule has 0 bridgehead atoms. The SMILES string of the molecule is O=c1cc(/C=C/c2cccs2)[nH]c2ccccc12. The van der Waals surface area contributed by atoms with Crippen LogP contribution in [0.15, 0.2) is 52.6 Å². The fraction of sp³-hybridized carbons (Fsp3) is 0. The number of hydrogen-bond acceptors (Lipinski definition) is 2. The molecule has 3 heteroatoms. The number of thiophene rings is 1. The Labute approximate surface area is 108 Å². The topological polar surface area (TPSA) is 32.9 Å². The minimum Gasteiger partial charge on any atom is -0.355 e. The minimum absolute atomic E-state index is 0.0511. The summed E-state index contributed by atoms with van der Waals surface area (Å²) in [5.41, 5.74) is 1.75. The lowest BCUT2D eigenvalue weighted by Gasteiger charge is -1.99. The smallest absolute Gasteiger partial charge is 0.189 e. The van der Waals surface area contributed by atoms with Crippen LogP contribution in [-0.2, 0) is 0 Å². The molecule has 0 radical (unpaired) electrons. The summed E-state index contributed by atoms with van der Waals surface area (Å²) in [6.45, 7) is 0. The van der Waals surface area contributed by atoms with Crippen LogP contribution in [0.3, 0.4) is 0 Å². The molecule has 0 unspecified atom stereocenters. The molecule has 0 saturated heterocycles. The van der Waals surface area contributed by atoms with Crippen molar-refractivity contribution in [2.24, 2.45) is 0 Å². The molecule has 3 aromatic rings. The molecule has 0 amide bonds. The lowest BCUT2D eigenvalue weighted by atomic mass is 10.2. The van der Waals surface area contributed by atoms with E-state index in [4.69, 9.17) is 0 Å². The van der Waals surface area contributed by atoms with Gasteiger partial charge >= 0.3 is 0 Å². The third-order valence-corrected chi connectivity index (χ3v) is 3.57. The summed E-state index contributed by atoms with van der Waals surface area (Å²) in [6, 6.07) is 13.2. The zero-order valence-corrected chi connectivity index (χ0v) is 10.4. The van der Waals surface area contributed by atoms with Crippen LogP contribution in [0.2, 0.25) is 0 Å². The first kappa shape index (κ1) is 11.0. The highest BCUT2D eigenvalue weighted by Gasteiger charge is 1.98. The van der Waals surface area contributed by atoms with Gasteiger partial charge in [0.1, 0.15) is 0 Å². The van der Waals surface area contributed by atoms with Gasteiger partial charge in [-0.05, 0) is 35.7 Å². The quantitative estimate of drug-likeness (QED) is 0.741. The Morgan fingerprint density at radius 2 is 1.94 bits per heavy atom. The van der Waals surface area contributed by atoms with Crippen molar-refractivity contribution >= 4 is 34.4 Å². The van der Waals surface area contributed by atoms with Crippen LogP contribution in [0.1, 0.15) is 10.6 Å². The highest BCUT2D eigenvalue weighted by molar-refractivity contribution is 7.10. The highest BCUT2D eigenvalue weighted by atomic mass is 32.1. The molecule has 0 saturated carbocycles. The third kappa shape index (κ3) is 2.13. The van der Waals surface area contributed by atoms with Crippen LogP contribution in [0, 0.1) is 0 Å². The van der Waals surface area contributed by atoms with Crippen molar-refractivity contribution in [3.63, 3.8) is 0 Å². The van der Waals surface area contributed by atoms with Crippen molar-refractivity contribution in [1.29, 1.82) is 0 Å². The van der Waals surface area contributed by atoms with Crippen LogP contribution >= 0.6 is 11.3 Å². The second-order valence-electron chi connectivity index (χ2n) is 3.98. The zero-order valence-electron chi connectivity index (χ0n) is 9.59. The average molecular weight is 253 g/mol. The van der Waals surface area contributed by atoms with E-state index < -0.39 is 0 Å². The normalized spacial score (nSPS) is 11.3. The predicted octanol–water partition coefficient (Wildman–Crippen LogP) is 3.76. The molecule has 0 spiro atoms. The number of pyridine rings is 1. The summed E-state index contributed by atoms with van der Waals surface area (Å²) in [6.07, 6.45) is 3.93. The van der Waals surface area contributed by atoms with Crippen LogP contribution in [0.4, 0.5) is 0 Å². The van der Waals surface area contributed by atoms with E-state index >= 15 is 0 Å². The third-order valence-electron chi connectivity index (χ3n) is 2.73. The number of H-pyrrole nitrogens is 1. The summed E-state index contributed by atoms with van der Waals surface area (Å²) in [5.74, 6) is 0. The number of para-hydroxylation sites is 1. The molecule has 88 valence electrons. The highest BCUT2D eigenvalue weighted by Crippen LogP contribution is 2.13. The van der Waals surface area contributed by atoms with Crippen LogP contribution in [0.5, 0.6) is 0 Å². The van der Waals surface area contributed by atoms with Gasteiger partial charge in [-0.3, -0.25) is 4.79 Å². The fourth-order valence-corrected chi connectivity index (χ4v) is 2.48. The van der Waals surface area contributed by atoms with E-state index in [1.165, 1.54) is 4.88 Å². The molecule has 0 atom stereocenters. The molecular weight excluding hydrogens is 242 g/mol. The first-order chi connectivity index (χ1) is 8.83. The first-order valence-electron chi connectivity index (χ1n) is 5.66. The van der Waals surface area contributed by atoms with Gasteiger partial charge in [-0.2, -0.15) is 0 Å². The number of aromatic nitrogens is 1. The standard InChI is InChI=1S/C15H11NOS/c17-15-10-11(7-8-12-4-3-9-18-12)16-14-6-2-1-5-13(14)15/h1-10H,(H,16,17)/b8-7+. The zero-order chi connectivity index (χ0) is 12.4. The molecule has 0 aliphatic carbocycles. The van der Waals surface area contributed by atoms with Crippen molar-refractivity contribution < 1.29 is 0 Å². The van der Waals surface area contributed by atoms with E-state index in [1.807, 2.05) is 53.9 Å². The Morgan fingerprint density at radius 3 is 2.78 bits per heavy atom. The van der Waals surface area contributed by atoms with E-state index in [0.29, 0.717) is 0 Å². The maximum absolute atomic E-state index is 11.9. The van der Waals surface area contributed by atoms with Gasteiger partial charge in [-0.1, -0.05) is 18.2 Å². The minimum atomic E-state index is 0.0511. The number of nitrogens with one attached hydrogen (secondary N) is 1. The molecule has 1 aromatic carbocycles. The Bertz CT molecular complexity index is 754. The summed E-state index contributed by atoms with van der Waals surface area (Å²) >= 11 is 1.67. The van der Waals surface area contributed by atoms with E-state index in [2.05, 4.69) is 4.98 Å². The molecular formula is C15H11NOS. The second kappa shape index (κ2) is 4.63. The number of fused-ring (bicyclic) bond motifs is 1. The maximum atomic E-state index is 11.9. The lowest BCUT2D eigenvalue weighted by Crippen LogP contribution is -2.02. The Morgan fingerprint density at radius 1 is 1.06 bits per heavy atom. The van der Waals surface area contributed by atoms with Crippen LogP contribution in [0.25, 0.3) is 23.1 Å². The number of hydrogen-bond donors (Lipinski definition) is 1. The van der Waals surface area contributed by atoms with Gasteiger partial charge in [0.25, 0.3) is 0 Å². The van der Waals surface area contributed by atoms with Crippen LogP contribution in [-0.4, -0.2) is 4.98 Å². The second-order valence-corrected chi connectivity index (χ2v) is 4.96. The van der Waals surface area contributed by atoms with Crippen molar-refractivity contribution in [2.45, 2.75) is 0 Å². The number of benzene rings is 1. The largest absolute Gasteiger partial charge is 0.355 e.